The molecule has 3 heteroatoms. The van der Waals surface area contributed by atoms with Gasteiger partial charge in [-0.1, -0.05) is 12.8 Å². The molecule has 1 unspecified atom stereocenters. The van der Waals surface area contributed by atoms with Crippen molar-refractivity contribution in [2.45, 2.75) is 69.5 Å². The van der Waals surface area contributed by atoms with E-state index in [1.807, 2.05) is 0 Å². The molecule has 21 heavy (non-hydrogen) atoms. The van der Waals surface area contributed by atoms with Gasteiger partial charge >= 0.3 is 0 Å². The Morgan fingerprint density at radius 1 is 1.05 bits per heavy atom. The van der Waals surface area contributed by atoms with Crippen LogP contribution < -0.4 is 4.74 Å². The summed E-state index contributed by atoms with van der Waals surface area (Å²) >= 11 is 0. The van der Waals surface area contributed by atoms with Crippen LogP contribution in [0.3, 0.4) is 0 Å². The normalized spacial score (nSPS) is 29.3. The van der Waals surface area contributed by atoms with E-state index in [4.69, 9.17) is 4.74 Å². The zero-order valence-electron chi connectivity index (χ0n) is 12.4. The van der Waals surface area contributed by atoms with Crippen molar-refractivity contribution in [3.8, 4) is 5.75 Å². The van der Waals surface area contributed by atoms with E-state index in [-0.39, 0.29) is 11.4 Å². The van der Waals surface area contributed by atoms with Crippen LogP contribution in [0.15, 0.2) is 18.2 Å². The molecule has 4 rings (SSSR count). The summed E-state index contributed by atoms with van der Waals surface area (Å²) in [7, 11) is 0. The minimum atomic E-state index is -0.595. The first-order valence-electron chi connectivity index (χ1n) is 8.27. The SMILES string of the molecule is OC1CC2(CCC3(CCCC3)CC2)Oc2ccc(F)cc21. The Balaban J connectivity index is 1.56. The third kappa shape index (κ3) is 2.26. The van der Waals surface area contributed by atoms with Gasteiger partial charge in [0.25, 0.3) is 0 Å². The summed E-state index contributed by atoms with van der Waals surface area (Å²) in [6.07, 6.45) is 9.99. The maximum Gasteiger partial charge on any atom is 0.126 e. The highest BCUT2D eigenvalue weighted by molar-refractivity contribution is 5.38. The fraction of sp³-hybridized carbons (Fsp3) is 0.667. The van der Waals surface area contributed by atoms with Crippen LogP contribution in [-0.2, 0) is 0 Å². The Morgan fingerprint density at radius 2 is 1.76 bits per heavy atom. The minimum Gasteiger partial charge on any atom is -0.487 e. The molecule has 0 saturated heterocycles. The van der Waals surface area contributed by atoms with Crippen molar-refractivity contribution in [2.75, 3.05) is 0 Å². The number of hydrogen-bond acceptors (Lipinski definition) is 2. The van der Waals surface area contributed by atoms with Gasteiger partial charge in [0.1, 0.15) is 17.2 Å². The fourth-order valence-electron chi connectivity index (χ4n) is 4.78. The molecule has 1 heterocycles. The number of halogens is 1. The molecule has 1 aromatic rings. The summed E-state index contributed by atoms with van der Waals surface area (Å²) < 4.78 is 19.6. The predicted molar refractivity (Wildman–Crippen MR) is 78.7 cm³/mol. The van der Waals surface area contributed by atoms with Crippen LogP contribution in [0.25, 0.3) is 0 Å². The quantitative estimate of drug-likeness (QED) is 0.761. The van der Waals surface area contributed by atoms with Crippen LogP contribution >= 0.6 is 0 Å². The molecular formula is C18H23FO2. The second kappa shape index (κ2) is 4.70. The molecule has 1 aromatic carbocycles. The molecule has 1 N–H and O–H groups in total. The lowest BCUT2D eigenvalue weighted by atomic mass is 9.65. The second-order valence-corrected chi connectivity index (χ2v) is 7.39. The van der Waals surface area contributed by atoms with E-state index in [1.54, 1.807) is 6.07 Å². The van der Waals surface area contributed by atoms with E-state index in [0.29, 0.717) is 23.1 Å². The molecule has 0 radical (unpaired) electrons. The van der Waals surface area contributed by atoms with Gasteiger partial charge in [0.15, 0.2) is 0 Å². The number of benzene rings is 1. The van der Waals surface area contributed by atoms with E-state index in [0.717, 1.165) is 12.8 Å². The van der Waals surface area contributed by atoms with Crippen molar-refractivity contribution in [3.05, 3.63) is 29.6 Å². The zero-order valence-corrected chi connectivity index (χ0v) is 12.4. The predicted octanol–water partition coefficient (Wildman–Crippen LogP) is 4.51. The van der Waals surface area contributed by atoms with Crippen LogP contribution in [0, 0.1) is 11.2 Å². The van der Waals surface area contributed by atoms with E-state index in [1.165, 1.54) is 50.7 Å². The first kappa shape index (κ1) is 13.6. The summed E-state index contributed by atoms with van der Waals surface area (Å²) in [4.78, 5) is 0. The van der Waals surface area contributed by atoms with Crippen molar-refractivity contribution in [2.24, 2.45) is 5.41 Å². The molecule has 0 aromatic heterocycles. The third-order valence-electron chi connectivity index (χ3n) is 6.11. The maximum absolute atomic E-state index is 13.3. The van der Waals surface area contributed by atoms with Gasteiger partial charge in [-0.3, -0.25) is 0 Å². The Bertz CT molecular complexity index is 538. The highest BCUT2D eigenvalue weighted by atomic mass is 19.1. The van der Waals surface area contributed by atoms with Gasteiger partial charge in [0.05, 0.1) is 6.10 Å². The maximum atomic E-state index is 13.3. The van der Waals surface area contributed by atoms with E-state index in [2.05, 4.69) is 0 Å². The number of ether oxygens (including phenoxy) is 1. The van der Waals surface area contributed by atoms with E-state index >= 15 is 0 Å². The number of fused-ring (bicyclic) bond motifs is 1. The standard InChI is InChI=1S/C18H23FO2/c19-13-3-4-16-14(11-13)15(20)12-18(21-16)9-7-17(8-10-18)5-1-2-6-17/h3-4,11,15,20H,1-2,5-10,12H2. The first-order valence-corrected chi connectivity index (χ1v) is 8.27. The Labute approximate surface area is 125 Å². The van der Waals surface area contributed by atoms with Crippen LogP contribution in [0.2, 0.25) is 0 Å². The molecule has 1 aliphatic heterocycles. The lowest BCUT2D eigenvalue weighted by Crippen LogP contribution is -2.46. The lowest BCUT2D eigenvalue weighted by Gasteiger charge is -2.48. The molecular weight excluding hydrogens is 267 g/mol. The van der Waals surface area contributed by atoms with Crippen molar-refractivity contribution in [3.63, 3.8) is 0 Å². The van der Waals surface area contributed by atoms with Crippen molar-refractivity contribution < 1.29 is 14.2 Å². The first-order chi connectivity index (χ1) is 10.1. The van der Waals surface area contributed by atoms with E-state index < -0.39 is 6.10 Å². The molecule has 2 saturated carbocycles. The molecule has 3 aliphatic rings. The second-order valence-electron chi connectivity index (χ2n) is 7.39. The van der Waals surface area contributed by atoms with Crippen LogP contribution in [-0.4, -0.2) is 10.7 Å². The van der Waals surface area contributed by atoms with E-state index in [9.17, 15) is 9.50 Å². The molecule has 2 spiro atoms. The number of aliphatic hydroxyl groups is 1. The average Bonchev–Trinajstić information content (AvgIpc) is 2.93. The smallest absolute Gasteiger partial charge is 0.126 e. The highest BCUT2D eigenvalue weighted by Crippen LogP contribution is 2.55. The third-order valence-corrected chi connectivity index (χ3v) is 6.11. The molecule has 0 bridgehead atoms. The number of aliphatic hydroxyl groups excluding tert-OH is 1. The number of rotatable bonds is 0. The molecule has 2 nitrogen and oxygen atoms in total. The summed E-state index contributed by atoms with van der Waals surface area (Å²) in [5.41, 5.74) is 0.947. The Kier molecular flexibility index (Phi) is 3.04. The zero-order chi connectivity index (χ0) is 14.5. The largest absolute Gasteiger partial charge is 0.487 e. The van der Waals surface area contributed by atoms with Crippen LogP contribution in [0.4, 0.5) is 4.39 Å². The average molecular weight is 290 g/mol. The summed E-state index contributed by atoms with van der Waals surface area (Å²) in [5.74, 6) is 0.374. The van der Waals surface area contributed by atoms with Gasteiger partial charge in [-0.05, 0) is 62.1 Å². The van der Waals surface area contributed by atoms with Crippen LogP contribution in [0.1, 0.15) is 69.5 Å². The van der Waals surface area contributed by atoms with Gasteiger partial charge < -0.3 is 9.84 Å². The van der Waals surface area contributed by atoms with Gasteiger partial charge in [0, 0.05) is 12.0 Å². The molecule has 2 fully saturated rings. The van der Waals surface area contributed by atoms with Gasteiger partial charge in [-0.15, -0.1) is 0 Å². The fourth-order valence-corrected chi connectivity index (χ4v) is 4.78. The van der Waals surface area contributed by atoms with Crippen LogP contribution in [0.5, 0.6) is 5.75 Å². The molecule has 114 valence electrons. The topological polar surface area (TPSA) is 29.5 Å². The summed E-state index contributed by atoms with van der Waals surface area (Å²) in [6.45, 7) is 0. The Hall–Kier alpha value is -1.09. The molecule has 1 atom stereocenters. The molecule has 2 aliphatic carbocycles. The van der Waals surface area contributed by atoms with Gasteiger partial charge in [0.2, 0.25) is 0 Å². The summed E-state index contributed by atoms with van der Waals surface area (Å²) in [5, 5.41) is 10.4. The summed E-state index contributed by atoms with van der Waals surface area (Å²) in [6, 6.07) is 4.51. The minimum absolute atomic E-state index is 0.224. The number of hydrogen-bond donors (Lipinski definition) is 1. The van der Waals surface area contributed by atoms with Crippen molar-refractivity contribution >= 4 is 0 Å². The lowest BCUT2D eigenvalue weighted by molar-refractivity contribution is -0.0623. The van der Waals surface area contributed by atoms with Crippen molar-refractivity contribution in [1.29, 1.82) is 0 Å². The monoisotopic (exact) mass is 290 g/mol. The van der Waals surface area contributed by atoms with Crippen molar-refractivity contribution in [1.82, 2.24) is 0 Å². The Morgan fingerprint density at radius 3 is 2.48 bits per heavy atom. The highest BCUT2D eigenvalue weighted by Gasteiger charge is 2.48. The van der Waals surface area contributed by atoms with Gasteiger partial charge in [-0.25, -0.2) is 4.39 Å². The van der Waals surface area contributed by atoms with Gasteiger partial charge in [-0.2, -0.15) is 0 Å². The molecule has 0 amide bonds.